The number of rotatable bonds is 20. The molecule has 1 aromatic carbocycles. The van der Waals surface area contributed by atoms with Gasteiger partial charge in [-0.05, 0) is 24.8 Å². The molecular weight excluding hydrogens is 364 g/mol. The fraction of sp³-hybridized carbons (Fsp3) is 0.720. The maximum absolute atomic E-state index is 10.4. The van der Waals surface area contributed by atoms with Gasteiger partial charge in [-0.25, -0.2) is 0 Å². The van der Waals surface area contributed by atoms with Gasteiger partial charge in [-0.3, -0.25) is 4.79 Å². The molecule has 2 N–H and O–H groups in total. The molecule has 29 heavy (non-hydrogen) atoms. The molecule has 1 rings (SSSR count). The Morgan fingerprint density at radius 3 is 1.83 bits per heavy atom. The Labute approximate surface area is 177 Å². The summed E-state index contributed by atoms with van der Waals surface area (Å²) in [5, 5.41) is 18.6. The molecule has 166 valence electrons. The number of hydrogen-bond acceptors (Lipinski definition) is 3. The molecule has 0 saturated heterocycles. The first kappa shape index (κ1) is 25.6. The van der Waals surface area contributed by atoms with Crippen LogP contribution >= 0.6 is 0 Å². The Kier molecular flexibility index (Phi) is 16.5. The summed E-state index contributed by atoms with van der Waals surface area (Å²) < 4.78 is 5.64. The van der Waals surface area contributed by atoms with Crippen LogP contribution in [0.25, 0.3) is 0 Å². The molecule has 0 radical (unpaired) electrons. The van der Waals surface area contributed by atoms with Gasteiger partial charge in [0.25, 0.3) is 0 Å². The zero-order valence-electron chi connectivity index (χ0n) is 18.2. The molecule has 0 saturated carbocycles. The lowest BCUT2D eigenvalue weighted by Crippen LogP contribution is -2.10. The highest BCUT2D eigenvalue weighted by Crippen LogP contribution is 2.14. The summed E-state index contributed by atoms with van der Waals surface area (Å²) in [4.78, 5) is 10.4. The third-order valence-electron chi connectivity index (χ3n) is 5.38. The predicted molar refractivity (Wildman–Crippen MR) is 119 cm³/mol. The van der Waals surface area contributed by atoms with Gasteiger partial charge in [0.05, 0.1) is 12.7 Å². The van der Waals surface area contributed by atoms with Crippen molar-refractivity contribution >= 4 is 5.97 Å². The van der Waals surface area contributed by atoms with Crippen LogP contribution in [0, 0.1) is 0 Å². The van der Waals surface area contributed by atoms with E-state index in [-0.39, 0.29) is 6.10 Å². The van der Waals surface area contributed by atoms with Crippen molar-refractivity contribution in [2.45, 2.75) is 109 Å². The normalized spacial score (nSPS) is 12.2. The predicted octanol–water partition coefficient (Wildman–Crippen LogP) is 6.50. The summed E-state index contributed by atoms with van der Waals surface area (Å²) in [6.07, 6.45) is 16.1. The molecule has 4 heteroatoms. The number of carbonyl (C=O) groups is 1. The van der Waals surface area contributed by atoms with Crippen LogP contribution in [-0.4, -0.2) is 28.9 Å². The second kappa shape index (κ2) is 18.6. The van der Waals surface area contributed by atoms with Crippen molar-refractivity contribution in [2.75, 3.05) is 6.61 Å². The number of aliphatic carboxylic acids is 1. The average Bonchev–Trinajstić information content (AvgIpc) is 2.72. The molecule has 0 heterocycles. The van der Waals surface area contributed by atoms with E-state index in [1.807, 2.05) is 18.2 Å². The van der Waals surface area contributed by atoms with Gasteiger partial charge < -0.3 is 14.9 Å². The van der Waals surface area contributed by atoms with E-state index in [1.54, 1.807) is 0 Å². The molecule has 0 aliphatic heterocycles. The summed E-state index contributed by atoms with van der Waals surface area (Å²) in [5.41, 5.74) is 1.18. The Bertz CT molecular complexity index is 489. The molecule has 1 aromatic rings. The minimum atomic E-state index is -0.674. The minimum Gasteiger partial charge on any atom is -0.481 e. The zero-order valence-corrected chi connectivity index (χ0v) is 18.2. The molecule has 1 atom stereocenters. The summed E-state index contributed by atoms with van der Waals surface area (Å²) in [6.45, 7) is 1.24. The standard InChI is InChI=1S/C25H42O4/c26-24(20-21-29-22-23-16-12-11-13-17-23)18-14-9-7-5-3-1-2-4-6-8-10-15-19-25(27)28/h11-13,16-17,24,26H,1-10,14-15,18-22H2,(H,27,28). The lowest BCUT2D eigenvalue weighted by atomic mass is 10.0. The van der Waals surface area contributed by atoms with E-state index < -0.39 is 5.97 Å². The van der Waals surface area contributed by atoms with E-state index in [9.17, 15) is 9.90 Å². The number of ether oxygens (including phenoxy) is 1. The number of aliphatic hydroxyl groups excluding tert-OH is 1. The monoisotopic (exact) mass is 406 g/mol. The highest BCUT2D eigenvalue weighted by Gasteiger charge is 2.04. The molecule has 0 bridgehead atoms. The molecular formula is C25H42O4. The number of benzene rings is 1. The molecule has 0 aromatic heterocycles. The van der Waals surface area contributed by atoms with Crippen molar-refractivity contribution in [3.63, 3.8) is 0 Å². The number of hydrogen-bond donors (Lipinski definition) is 2. The molecule has 0 fully saturated rings. The van der Waals surface area contributed by atoms with Crippen molar-refractivity contribution in [1.82, 2.24) is 0 Å². The summed E-state index contributed by atoms with van der Waals surface area (Å²) in [5.74, 6) is -0.674. The van der Waals surface area contributed by atoms with E-state index in [1.165, 1.54) is 63.4 Å². The Balaban J connectivity index is 1.76. The van der Waals surface area contributed by atoms with Crippen LogP contribution in [0.3, 0.4) is 0 Å². The van der Waals surface area contributed by atoms with Crippen LogP contribution in [0.4, 0.5) is 0 Å². The second-order valence-corrected chi connectivity index (χ2v) is 8.16. The Morgan fingerprint density at radius 2 is 1.28 bits per heavy atom. The van der Waals surface area contributed by atoms with Gasteiger partial charge >= 0.3 is 5.97 Å². The van der Waals surface area contributed by atoms with E-state index in [0.29, 0.717) is 19.6 Å². The van der Waals surface area contributed by atoms with Crippen molar-refractivity contribution in [1.29, 1.82) is 0 Å². The summed E-state index contributed by atoms with van der Waals surface area (Å²) in [7, 11) is 0. The Morgan fingerprint density at radius 1 is 0.759 bits per heavy atom. The first-order chi connectivity index (χ1) is 14.2. The molecule has 0 aliphatic rings. The van der Waals surface area contributed by atoms with E-state index >= 15 is 0 Å². The van der Waals surface area contributed by atoms with Gasteiger partial charge in [-0.2, -0.15) is 0 Å². The van der Waals surface area contributed by atoms with Crippen LogP contribution in [0.5, 0.6) is 0 Å². The van der Waals surface area contributed by atoms with Gasteiger partial charge in [0.1, 0.15) is 0 Å². The number of unbranched alkanes of at least 4 members (excludes halogenated alkanes) is 11. The first-order valence-corrected chi connectivity index (χ1v) is 11.7. The van der Waals surface area contributed by atoms with Crippen molar-refractivity contribution in [3.8, 4) is 0 Å². The summed E-state index contributed by atoms with van der Waals surface area (Å²) >= 11 is 0. The number of carboxylic acids is 1. The minimum absolute atomic E-state index is 0.235. The number of carboxylic acid groups (broad SMARTS) is 1. The molecule has 1 unspecified atom stereocenters. The first-order valence-electron chi connectivity index (χ1n) is 11.7. The molecule has 0 aliphatic carbocycles. The van der Waals surface area contributed by atoms with Crippen LogP contribution < -0.4 is 0 Å². The Hall–Kier alpha value is -1.39. The second-order valence-electron chi connectivity index (χ2n) is 8.16. The van der Waals surface area contributed by atoms with Crippen LogP contribution in [0.1, 0.15) is 102 Å². The summed E-state index contributed by atoms with van der Waals surface area (Å²) in [6, 6.07) is 10.1. The lowest BCUT2D eigenvalue weighted by Gasteiger charge is -2.11. The van der Waals surface area contributed by atoms with Gasteiger partial charge in [0.15, 0.2) is 0 Å². The fourth-order valence-electron chi connectivity index (χ4n) is 3.55. The topological polar surface area (TPSA) is 66.8 Å². The smallest absolute Gasteiger partial charge is 0.303 e. The van der Waals surface area contributed by atoms with Gasteiger partial charge in [-0.1, -0.05) is 101 Å². The van der Waals surface area contributed by atoms with Crippen molar-refractivity contribution in [2.24, 2.45) is 0 Å². The van der Waals surface area contributed by atoms with Crippen molar-refractivity contribution < 1.29 is 19.7 Å². The molecule has 0 spiro atoms. The largest absolute Gasteiger partial charge is 0.481 e. The van der Waals surface area contributed by atoms with E-state index in [0.717, 1.165) is 32.1 Å². The van der Waals surface area contributed by atoms with Crippen LogP contribution in [-0.2, 0) is 16.1 Å². The van der Waals surface area contributed by atoms with E-state index in [2.05, 4.69) is 12.1 Å². The van der Waals surface area contributed by atoms with Crippen molar-refractivity contribution in [3.05, 3.63) is 35.9 Å². The van der Waals surface area contributed by atoms with E-state index in [4.69, 9.17) is 9.84 Å². The number of aliphatic hydroxyl groups is 1. The highest BCUT2D eigenvalue weighted by molar-refractivity contribution is 5.66. The van der Waals surface area contributed by atoms with Gasteiger partial charge in [0.2, 0.25) is 0 Å². The lowest BCUT2D eigenvalue weighted by molar-refractivity contribution is -0.137. The maximum atomic E-state index is 10.4. The maximum Gasteiger partial charge on any atom is 0.303 e. The SMILES string of the molecule is O=C(O)CCCCCCCCCCCCCCC(O)CCOCc1ccccc1. The quantitative estimate of drug-likeness (QED) is 0.243. The van der Waals surface area contributed by atoms with Gasteiger partial charge in [-0.15, -0.1) is 0 Å². The fourth-order valence-corrected chi connectivity index (χ4v) is 3.55. The van der Waals surface area contributed by atoms with Gasteiger partial charge in [0, 0.05) is 13.0 Å². The zero-order chi connectivity index (χ0) is 21.0. The highest BCUT2D eigenvalue weighted by atomic mass is 16.5. The van der Waals surface area contributed by atoms with Crippen LogP contribution in [0.2, 0.25) is 0 Å². The molecule has 4 nitrogen and oxygen atoms in total. The third kappa shape index (κ3) is 17.2. The third-order valence-corrected chi connectivity index (χ3v) is 5.38. The van der Waals surface area contributed by atoms with Crippen LogP contribution in [0.15, 0.2) is 30.3 Å². The average molecular weight is 407 g/mol. The molecule has 0 amide bonds.